The van der Waals surface area contributed by atoms with Crippen molar-refractivity contribution in [3.8, 4) is 5.75 Å². The zero-order valence-corrected chi connectivity index (χ0v) is 13.7. The second-order valence-corrected chi connectivity index (χ2v) is 5.62. The minimum atomic E-state index is -0.171. The van der Waals surface area contributed by atoms with E-state index in [1.165, 1.54) is 18.9 Å². The first-order valence-electron chi connectivity index (χ1n) is 6.50. The molecule has 0 aliphatic rings. The van der Waals surface area contributed by atoms with Crippen molar-refractivity contribution in [1.82, 2.24) is 14.8 Å². The van der Waals surface area contributed by atoms with Gasteiger partial charge < -0.3 is 15.8 Å². The highest BCUT2D eigenvalue weighted by molar-refractivity contribution is 7.99. The quantitative estimate of drug-likeness (QED) is 0.783. The van der Waals surface area contributed by atoms with Gasteiger partial charge in [0.15, 0.2) is 5.16 Å². The van der Waals surface area contributed by atoms with Gasteiger partial charge in [0, 0.05) is 12.2 Å². The van der Waals surface area contributed by atoms with Gasteiger partial charge in [-0.3, -0.25) is 9.36 Å². The minimum Gasteiger partial charge on any atom is -0.495 e. The number of hydrogen-bond donors (Lipinski definition) is 2. The molecule has 9 heteroatoms. The molecule has 0 aliphatic carbocycles. The van der Waals surface area contributed by atoms with Gasteiger partial charge in [0.2, 0.25) is 11.9 Å². The summed E-state index contributed by atoms with van der Waals surface area (Å²) >= 11 is 7.28. The highest BCUT2D eigenvalue weighted by Crippen LogP contribution is 2.27. The fraction of sp³-hybridized carbons (Fsp3) is 0.308. The predicted octanol–water partition coefficient (Wildman–Crippen LogP) is 2.27. The van der Waals surface area contributed by atoms with Crippen molar-refractivity contribution in [2.75, 3.05) is 23.9 Å². The van der Waals surface area contributed by atoms with E-state index in [1.807, 2.05) is 6.92 Å². The largest absolute Gasteiger partial charge is 0.495 e. The Morgan fingerprint density at radius 1 is 1.50 bits per heavy atom. The molecule has 0 radical (unpaired) electrons. The van der Waals surface area contributed by atoms with Crippen molar-refractivity contribution in [3.63, 3.8) is 0 Å². The number of rotatable bonds is 6. The Morgan fingerprint density at radius 3 is 2.91 bits per heavy atom. The van der Waals surface area contributed by atoms with E-state index in [2.05, 4.69) is 15.5 Å². The van der Waals surface area contributed by atoms with Crippen LogP contribution in [0.3, 0.4) is 0 Å². The molecule has 1 amide bonds. The maximum atomic E-state index is 12.0. The highest BCUT2D eigenvalue weighted by atomic mass is 35.5. The van der Waals surface area contributed by atoms with E-state index in [0.29, 0.717) is 34.1 Å². The van der Waals surface area contributed by atoms with E-state index in [-0.39, 0.29) is 11.7 Å². The van der Waals surface area contributed by atoms with E-state index in [4.69, 9.17) is 22.1 Å². The first-order valence-corrected chi connectivity index (χ1v) is 7.86. The summed E-state index contributed by atoms with van der Waals surface area (Å²) in [5, 5.41) is 11.5. The van der Waals surface area contributed by atoms with Gasteiger partial charge in [-0.1, -0.05) is 23.4 Å². The van der Waals surface area contributed by atoms with Gasteiger partial charge in [-0.2, -0.15) is 0 Å². The summed E-state index contributed by atoms with van der Waals surface area (Å²) < 4.78 is 6.80. The molecule has 0 saturated heterocycles. The summed E-state index contributed by atoms with van der Waals surface area (Å²) in [6, 6.07) is 5.05. The van der Waals surface area contributed by atoms with Crippen LogP contribution in [0, 0.1) is 0 Å². The Hall–Kier alpha value is -1.93. The number of carbonyl (C=O) groups is 1. The molecular weight excluding hydrogens is 326 g/mol. The molecule has 0 fully saturated rings. The first kappa shape index (κ1) is 16.4. The number of ether oxygens (including phenoxy) is 1. The Labute approximate surface area is 137 Å². The number of nitrogens with one attached hydrogen (secondary N) is 1. The van der Waals surface area contributed by atoms with Gasteiger partial charge >= 0.3 is 0 Å². The number of halogens is 1. The number of nitrogens with two attached hydrogens (primary N) is 1. The average molecular weight is 342 g/mol. The highest BCUT2D eigenvalue weighted by Gasteiger charge is 2.11. The van der Waals surface area contributed by atoms with Crippen LogP contribution in [0.4, 0.5) is 11.6 Å². The van der Waals surface area contributed by atoms with Crippen molar-refractivity contribution < 1.29 is 9.53 Å². The topological polar surface area (TPSA) is 95.1 Å². The maximum Gasteiger partial charge on any atom is 0.234 e. The molecule has 1 heterocycles. The molecule has 2 aromatic rings. The van der Waals surface area contributed by atoms with Crippen molar-refractivity contribution in [3.05, 3.63) is 23.2 Å². The summed E-state index contributed by atoms with van der Waals surface area (Å²) in [5.74, 6) is 0.922. The number of benzene rings is 1. The van der Waals surface area contributed by atoms with Gasteiger partial charge in [0.25, 0.3) is 0 Å². The number of anilines is 2. The molecule has 0 saturated carbocycles. The Balaban J connectivity index is 1.94. The summed E-state index contributed by atoms with van der Waals surface area (Å²) in [6.45, 7) is 2.58. The first-order chi connectivity index (χ1) is 10.5. The molecule has 118 valence electrons. The smallest absolute Gasteiger partial charge is 0.234 e. The third kappa shape index (κ3) is 3.83. The van der Waals surface area contributed by atoms with Crippen LogP contribution >= 0.6 is 23.4 Å². The van der Waals surface area contributed by atoms with E-state index in [0.717, 1.165) is 0 Å². The molecule has 0 spiro atoms. The lowest BCUT2D eigenvalue weighted by atomic mass is 10.3. The molecule has 0 atom stereocenters. The monoisotopic (exact) mass is 341 g/mol. The van der Waals surface area contributed by atoms with Gasteiger partial charge in [-0.05, 0) is 25.1 Å². The van der Waals surface area contributed by atoms with Crippen LogP contribution < -0.4 is 15.8 Å². The normalized spacial score (nSPS) is 10.5. The average Bonchev–Trinajstić information content (AvgIpc) is 2.85. The number of nitrogen functional groups attached to an aromatic ring is 1. The van der Waals surface area contributed by atoms with Crippen molar-refractivity contribution in [1.29, 1.82) is 0 Å². The predicted molar refractivity (Wildman–Crippen MR) is 87.5 cm³/mol. The molecule has 2 rings (SSSR count). The van der Waals surface area contributed by atoms with Crippen LogP contribution in [0.5, 0.6) is 5.75 Å². The lowest BCUT2D eigenvalue weighted by Gasteiger charge is -2.08. The molecule has 0 bridgehead atoms. The number of carbonyl (C=O) groups excluding carboxylic acids is 1. The SMILES string of the molecule is CCn1c(N)nnc1SCC(=O)Nc1ccc(OC)c(Cl)c1. The van der Waals surface area contributed by atoms with Crippen LogP contribution in [0.2, 0.25) is 5.02 Å². The van der Waals surface area contributed by atoms with E-state index < -0.39 is 0 Å². The summed E-state index contributed by atoms with van der Waals surface area (Å²) in [4.78, 5) is 12.0. The van der Waals surface area contributed by atoms with E-state index in [9.17, 15) is 4.79 Å². The molecule has 0 aliphatic heterocycles. The number of aromatic nitrogens is 3. The van der Waals surface area contributed by atoms with Crippen molar-refractivity contribution in [2.45, 2.75) is 18.6 Å². The summed E-state index contributed by atoms with van der Waals surface area (Å²) in [6.07, 6.45) is 0. The number of thioether (sulfide) groups is 1. The number of methoxy groups -OCH3 is 1. The molecular formula is C13H16ClN5O2S. The third-order valence-electron chi connectivity index (χ3n) is 2.83. The number of nitrogens with zero attached hydrogens (tertiary/aromatic N) is 3. The van der Waals surface area contributed by atoms with Crippen LogP contribution in [0.15, 0.2) is 23.4 Å². The van der Waals surface area contributed by atoms with Gasteiger partial charge in [-0.15, -0.1) is 10.2 Å². The fourth-order valence-electron chi connectivity index (χ4n) is 1.78. The maximum absolute atomic E-state index is 12.0. The molecule has 1 aromatic carbocycles. The Morgan fingerprint density at radius 2 is 2.27 bits per heavy atom. The standard InChI is InChI=1S/C13H16ClN5O2S/c1-3-19-12(15)17-18-13(19)22-7-11(20)16-8-4-5-10(21-2)9(14)6-8/h4-6H,3,7H2,1-2H3,(H2,15,17)(H,16,20). The Bertz CT molecular complexity index is 676. The van der Waals surface area contributed by atoms with Gasteiger partial charge in [0.1, 0.15) is 5.75 Å². The van der Waals surface area contributed by atoms with Crippen LogP contribution in [-0.2, 0) is 11.3 Å². The van der Waals surface area contributed by atoms with Crippen LogP contribution in [0.1, 0.15) is 6.92 Å². The number of hydrogen-bond acceptors (Lipinski definition) is 6. The molecule has 3 N–H and O–H groups in total. The van der Waals surface area contributed by atoms with E-state index >= 15 is 0 Å². The van der Waals surface area contributed by atoms with Crippen molar-refractivity contribution >= 4 is 40.9 Å². The Kier molecular flexibility index (Phi) is 5.51. The zero-order valence-electron chi connectivity index (χ0n) is 12.2. The van der Waals surface area contributed by atoms with Crippen LogP contribution in [-0.4, -0.2) is 33.5 Å². The molecule has 1 aromatic heterocycles. The summed E-state index contributed by atoms with van der Waals surface area (Å²) in [7, 11) is 1.53. The third-order valence-corrected chi connectivity index (χ3v) is 4.09. The summed E-state index contributed by atoms with van der Waals surface area (Å²) in [5.41, 5.74) is 6.28. The molecule has 22 heavy (non-hydrogen) atoms. The lowest BCUT2D eigenvalue weighted by molar-refractivity contribution is -0.113. The molecule has 7 nitrogen and oxygen atoms in total. The second-order valence-electron chi connectivity index (χ2n) is 4.27. The van der Waals surface area contributed by atoms with Crippen LogP contribution in [0.25, 0.3) is 0 Å². The van der Waals surface area contributed by atoms with Gasteiger partial charge in [0.05, 0.1) is 17.9 Å². The minimum absolute atomic E-state index is 0.171. The second kappa shape index (κ2) is 7.37. The zero-order chi connectivity index (χ0) is 16.1. The van der Waals surface area contributed by atoms with Crippen molar-refractivity contribution in [2.24, 2.45) is 0 Å². The van der Waals surface area contributed by atoms with Gasteiger partial charge in [-0.25, -0.2) is 0 Å². The molecule has 0 unspecified atom stereocenters. The fourth-order valence-corrected chi connectivity index (χ4v) is 2.84. The van der Waals surface area contributed by atoms with E-state index in [1.54, 1.807) is 22.8 Å². The lowest BCUT2D eigenvalue weighted by Crippen LogP contribution is -2.14. The number of amides is 1.